The van der Waals surface area contributed by atoms with E-state index in [0.717, 1.165) is 5.56 Å². The zero-order chi connectivity index (χ0) is 8.39. The van der Waals surface area contributed by atoms with Crippen molar-refractivity contribution >= 4 is 0 Å². The van der Waals surface area contributed by atoms with Crippen molar-refractivity contribution in [1.29, 1.82) is 0 Å². The van der Waals surface area contributed by atoms with Crippen molar-refractivity contribution in [2.24, 2.45) is 0 Å². The van der Waals surface area contributed by atoms with Crippen molar-refractivity contribution in [2.75, 3.05) is 0 Å². The van der Waals surface area contributed by atoms with Crippen molar-refractivity contribution in [3.8, 4) is 11.4 Å². The maximum Gasteiger partial charge on any atom is 0.460 e. The number of aromatic nitrogens is 3. The second-order valence-electron chi connectivity index (χ2n) is 2.17. The summed E-state index contributed by atoms with van der Waals surface area (Å²) in [6.45, 7) is 0. The second kappa shape index (κ2) is 2.61. The molecule has 0 aromatic carbocycles. The Bertz CT molecular complexity index is 417. The number of rotatable bonds is 1. The number of hydrogen-bond donors (Lipinski definition) is 1. The van der Waals surface area contributed by atoms with Crippen LogP contribution in [0.1, 0.15) is 0 Å². The summed E-state index contributed by atoms with van der Waals surface area (Å²) in [4.78, 5) is 18.0. The molecule has 1 N–H and O–H groups in total. The Balaban J connectivity index is 2.51. The molecule has 2 heterocycles. The van der Waals surface area contributed by atoms with E-state index < -0.39 is 5.76 Å². The molecule has 0 aliphatic rings. The molecule has 2 rings (SSSR count). The first-order chi connectivity index (χ1) is 5.86. The summed E-state index contributed by atoms with van der Waals surface area (Å²) in [6, 6.07) is 3.53. The average Bonchev–Trinajstić information content (AvgIpc) is 2.54. The standard InChI is InChI=1S/C7H5N3O2/c11-7-9-6(10-12-7)5-2-1-3-8-4-5/h1-4H,(H,9,10,11). The molecule has 0 fully saturated rings. The minimum atomic E-state index is -0.631. The van der Waals surface area contributed by atoms with E-state index in [1.54, 1.807) is 24.5 Å². The highest BCUT2D eigenvalue weighted by Gasteiger charge is 2.01. The Hall–Kier alpha value is -1.91. The first-order valence-electron chi connectivity index (χ1n) is 3.32. The van der Waals surface area contributed by atoms with Gasteiger partial charge in [-0.05, 0) is 12.1 Å². The molecule has 0 spiro atoms. The SMILES string of the molecule is O=c1nc(-c2cccnc2)[nH]o1. The molecule has 0 bridgehead atoms. The third-order valence-corrected chi connectivity index (χ3v) is 1.37. The largest absolute Gasteiger partial charge is 0.460 e. The lowest BCUT2D eigenvalue weighted by atomic mass is 10.3. The molecular formula is C7H5N3O2. The maximum atomic E-state index is 10.5. The van der Waals surface area contributed by atoms with Gasteiger partial charge in [0, 0.05) is 18.0 Å². The van der Waals surface area contributed by atoms with Crippen LogP contribution in [-0.4, -0.2) is 15.1 Å². The summed E-state index contributed by atoms with van der Waals surface area (Å²) in [5.41, 5.74) is 0.725. The van der Waals surface area contributed by atoms with Crippen LogP contribution in [0.3, 0.4) is 0 Å². The number of nitrogens with one attached hydrogen (secondary N) is 1. The van der Waals surface area contributed by atoms with E-state index in [-0.39, 0.29) is 0 Å². The highest BCUT2D eigenvalue weighted by atomic mass is 16.5. The fourth-order valence-electron chi connectivity index (χ4n) is 0.855. The molecule has 0 amide bonds. The van der Waals surface area contributed by atoms with Crippen molar-refractivity contribution in [2.45, 2.75) is 0 Å². The molecule has 0 radical (unpaired) electrons. The lowest BCUT2D eigenvalue weighted by Crippen LogP contribution is -1.94. The second-order valence-corrected chi connectivity index (χ2v) is 2.17. The highest BCUT2D eigenvalue weighted by molar-refractivity contribution is 5.51. The van der Waals surface area contributed by atoms with Crippen LogP contribution >= 0.6 is 0 Å². The van der Waals surface area contributed by atoms with Crippen LogP contribution in [0.2, 0.25) is 0 Å². The predicted molar refractivity (Wildman–Crippen MR) is 40.4 cm³/mol. The average molecular weight is 163 g/mol. The van der Waals surface area contributed by atoms with Gasteiger partial charge < -0.3 is 4.52 Å². The smallest absolute Gasteiger partial charge is 0.321 e. The molecular weight excluding hydrogens is 158 g/mol. The zero-order valence-electron chi connectivity index (χ0n) is 6.02. The summed E-state index contributed by atoms with van der Waals surface area (Å²) in [6.07, 6.45) is 3.23. The number of H-pyrrole nitrogens is 1. The maximum absolute atomic E-state index is 10.5. The molecule has 5 nitrogen and oxygen atoms in total. The Kier molecular flexibility index (Phi) is 1.48. The fraction of sp³-hybridized carbons (Fsp3) is 0. The van der Waals surface area contributed by atoms with Crippen LogP contribution in [0.4, 0.5) is 0 Å². The summed E-state index contributed by atoms with van der Waals surface area (Å²) in [5, 5.41) is 2.38. The van der Waals surface area contributed by atoms with Gasteiger partial charge in [-0.25, -0.2) is 4.79 Å². The first-order valence-corrected chi connectivity index (χ1v) is 3.32. The van der Waals surface area contributed by atoms with E-state index in [9.17, 15) is 4.79 Å². The van der Waals surface area contributed by atoms with E-state index in [0.29, 0.717) is 5.82 Å². The molecule has 60 valence electrons. The molecule has 5 heteroatoms. The van der Waals surface area contributed by atoms with Crippen LogP contribution in [0.25, 0.3) is 11.4 Å². The molecule has 0 saturated heterocycles. The van der Waals surface area contributed by atoms with Crippen molar-refractivity contribution in [3.05, 3.63) is 35.1 Å². The minimum Gasteiger partial charge on any atom is -0.321 e. The van der Waals surface area contributed by atoms with E-state index in [1.807, 2.05) is 0 Å². The van der Waals surface area contributed by atoms with Gasteiger partial charge in [0.15, 0.2) is 5.82 Å². The van der Waals surface area contributed by atoms with E-state index >= 15 is 0 Å². The van der Waals surface area contributed by atoms with Gasteiger partial charge in [-0.3, -0.25) is 4.98 Å². The van der Waals surface area contributed by atoms with Gasteiger partial charge in [0.1, 0.15) is 0 Å². The van der Waals surface area contributed by atoms with Gasteiger partial charge >= 0.3 is 5.76 Å². The quantitative estimate of drug-likeness (QED) is 0.661. The van der Waals surface area contributed by atoms with Crippen molar-refractivity contribution in [3.63, 3.8) is 0 Å². The van der Waals surface area contributed by atoms with Crippen LogP contribution in [0.5, 0.6) is 0 Å². The van der Waals surface area contributed by atoms with Gasteiger partial charge in [0.25, 0.3) is 0 Å². The lowest BCUT2D eigenvalue weighted by molar-refractivity contribution is 0.388. The van der Waals surface area contributed by atoms with Crippen LogP contribution in [0, 0.1) is 0 Å². The molecule has 0 atom stereocenters. The van der Waals surface area contributed by atoms with Gasteiger partial charge in [-0.2, -0.15) is 10.1 Å². The summed E-state index contributed by atoms with van der Waals surface area (Å²) in [5.74, 6) is -0.234. The third-order valence-electron chi connectivity index (χ3n) is 1.37. The Morgan fingerprint density at radius 2 is 2.42 bits per heavy atom. The highest BCUT2D eigenvalue weighted by Crippen LogP contribution is 2.09. The molecule has 12 heavy (non-hydrogen) atoms. The van der Waals surface area contributed by atoms with Crippen molar-refractivity contribution < 1.29 is 4.52 Å². The zero-order valence-corrected chi connectivity index (χ0v) is 6.02. The number of hydrogen-bond acceptors (Lipinski definition) is 4. The summed E-state index contributed by atoms with van der Waals surface area (Å²) < 4.78 is 4.40. The number of aromatic amines is 1. The fourth-order valence-corrected chi connectivity index (χ4v) is 0.855. The molecule has 0 aliphatic heterocycles. The van der Waals surface area contributed by atoms with Gasteiger partial charge in [0.05, 0.1) is 0 Å². The molecule has 0 saturated carbocycles. The first kappa shape index (κ1) is 6.78. The molecule has 2 aromatic heterocycles. The molecule has 2 aromatic rings. The Morgan fingerprint density at radius 1 is 1.50 bits per heavy atom. The van der Waals surface area contributed by atoms with E-state index in [1.165, 1.54) is 0 Å². The Morgan fingerprint density at radius 3 is 3.00 bits per heavy atom. The lowest BCUT2D eigenvalue weighted by Gasteiger charge is -1.89. The minimum absolute atomic E-state index is 0.396. The van der Waals surface area contributed by atoms with Gasteiger partial charge in [0.2, 0.25) is 0 Å². The van der Waals surface area contributed by atoms with Crippen LogP contribution < -0.4 is 5.76 Å². The third kappa shape index (κ3) is 1.12. The van der Waals surface area contributed by atoms with E-state index in [4.69, 9.17) is 0 Å². The monoisotopic (exact) mass is 163 g/mol. The molecule has 0 unspecified atom stereocenters. The van der Waals surface area contributed by atoms with Crippen molar-refractivity contribution in [1.82, 2.24) is 15.1 Å². The van der Waals surface area contributed by atoms with Crippen LogP contribution in [-0.2, 0) is 0 Å². The van der Waals surface area contributed by atoms with Crippen LogP contribution in [0.15, 0.2) is 33.8 Å². The van der Waals surface area contributed by atoms with E-state index in [2.05, 4.69) is 19.6 Å². The summed E-state index contributed by atoms with van der Waals surface area (Å²) in [7, 11) is 0. The number of nitrogens with zero attached hydrogens (tertiary/aromatic N) is 2. The molecule has 0 aliphatic carbocycles. The normalized spacial score (nSPS) is 10.0. The van der Waals surface area contributed by atoms with Gasteiger partial charge in [-0.15, -0.1) is 0 Å². The predicted octanol–water partition coefficient (Wildman–Crippen LogP) is 0.425. The Labute approximate surface area is 67.1 Å². The number of pyridine rings is 1. The topological polar surface area (TPSA) is 71.8 Å². The van der Waals surface area contributed by atoms with Gasteiger partial charge in [-0.1, -0.05) is 0 Å². The summed E-state index contributed by atoms with van der Waals surface area (Å²) >= 11 is 0.